The molecule has 0 radical (unpaired) electrons. The van der Waals surface area contributed by atoms with Crippen molar-refractivity contribution in [1.29, 1.82) is 0 Å². The Morgan fingerprint density at radius 3 is 1.50 bits per heavy atom. The van der Waals surface area contributed by atoms with Crippen LogP contribution in [0.25, 0.3) is 0 Å². The number of hydrogen-bond acceptors (Lipinski definition) is 4. The van der Waals surface area contributed by atoms with Gasteiger partial charge in [0.05, 0.1) is 0 Å². The number of hydrogen-bond donors (Lipinski definition) is 0. The molecule has 0 aromatic rings. The van der Waals surface area contributed by atoms with E-state index in [4.69, 9.17) is 0 Å². The Morgan fingerprint density at radius 1 is 0.731 bits per heavy atom. The van der Waals surface area contributed by atoms with Crippen LogP contribution < -0.4 is 5.11 Å². The van der Waals surface area contributed by atoms with E-state index in [9.17, 15) is 9.90 Å². The summed E-state index contributed by atoms with van der Waals surface area (Å²) >= 11 is 0. The summed E-state index contributed by atoms with van der Waals surface area (Å²) < 4.78 is 0. The minimum absolute atomic E-state index is 0.0986. The van der Waals surface area contributed by atoms with Crippen LogP contribution in [-0.2, 0) is 4.79 Å². The number of carbonyl (C=O) groups excluding carboxylic acids is 1. The van der Waals surface area contributed by atoms with Gasteiger partial charge < -0.3 is 9.90 Å². The predicted octanol–water partition coefficient (Wildman–Crippen LogP) is 5.24. The molecule has 1 aliphatic heterocycles. The summed E-state index contributed by atoms with van der Waals surface area (Å²) in [7, 11) is 0. The van der Waals surface area contributed by atoms with E-state index in [0.717, 1.165) is 12.8 Å². The fourth-order valence-corrected chi connectivity index (χ4v) is 3.70. The number of carboxylic acids is 1. The van der Waals surface area contributed by atoms with E-state index in [1.165, 1.54) is 83.5 Å². The summed E-state index contributed by atoms with van der Waals surface area (Å²) in [6, 6.07) is 0. The van der Waals surface area contributed by atoms with E-state index in [1.54, 1.807) is 12.4 Å². The van der Waals surface area contributed by atoms with Crippen molar-refractivity contribution in [2.45, 2.75) is 122 Å². The minimum atomic E-state index is -1.07. The molecule has 0 aromatic carbocycles. The molecule has 1 rings (SSSR count). The van der Waals surface area contributed by atoms with Gasteiger partial charge in [-0.2, -0.15) is 0 Å². The van der Waals surface area contributed by atoms with Crippen molar-refractivity contribution in [3.05, 3.63) is 0 Å². The van der Waals surface area contributed by atoms with Gasteiger partial charge in [-0.3, -0.25) is 9.98 Å². The summed E-state index contributed by atoms with van der Waals surface area (Å²) in [6.45, 7) is 2.27. The third-order valence-corrected chi connectivity index (χ3v) is 5.30. The van der Waals surface area contributed by atoms with Crippen molar-refractivity contribution in [2.24, 2.45) is 9.98 Å². The lowest BCUT2D eigenvalue weighted by atomic mass is 9.98. The SMILES string of the molecule is CCCCCCCCCCCCCCCCCC1(CC(=O)[O-])N=CC=N1. The van der Waals surface area contributed by atoms with Gasteiger partial charge in [0.15, 0.2) is 5.66 Å². The quantitative estimate of drug-likeness (QED) is 0.313. The maximum absolute atomic E-state index is 10.9. The van der Waals surface area contributed by atoms with Crippen molar-refractivity contribution in [3.8, 4) is 0 Å². The molecule has 1 aliphatic rings. The molecule has 150 valence electrons. The van der Waals surface area contributed by atoms with Crippen molar-refractivity contribution in [3.63, 3.8) is 0 Å². The second-order valence-electron chi connectivity index (χ2n) is 7.79. The number of unbranched alkanes of at least 4 members (excludes halogenated alkanes) is 14. The van der Waals surface area contributed by atoms with Crippen molar-refractivity contribution >= 4 is 18.4 Å². The van der Waals surface area contributed by atoms with Crippen LogP contribution in [0.5, 0.6) is 0 Å². The number of carboxylic acid groups (broad SMARTS) is 1. The highest BCUT2D eigenvalue weighted by Crippen LogP contribution is 2.27. The molecule has 1 heterocycles. The van der Waals surface area contributed by atoms with Crippen LogP contribution in [0.4, 0.5) is 0 Å². The lowest BCUT2D eigenvalue weighted by molar-refractivity contribution is -0.307. The van der Waals surface area contributed by atoms with Crippen LogP contribution in [0.2, 0.25) is 0 Å². The van der Waals surface area contributed by atoms with E-state index >= 15 is 0 Å². The molecule has 0 aromatic heterocycles. The summed E-state index contributed by atoms with van der Waals surface area (Å²) in [6.07, 6.45) is 23.8. The Bertz CT molecular complexity index is 406. The zero-order chi connectivity index (χ0) is 18.9. The van der Waals surface area contributed by atoms with Gasteiger partial charge in [0.2, 0.25) is 0 Å². The smallest absolute Gasteiger partial charge is 0.155 e. The highest BCUT2D eigenvalue weighted by molar-refractivity contribution is 6.17. The molecule has 0 saturated carbocycles. The molecular formula is C22H39N2O2-. The topological polar surface area (TPSA) is 64.8 Å². The molecule has 0 spiro atoms. The molecule has 4 heteroatoms. The Balaban J connectivity index is 1.86. The lowest BCUT2D eigenvalue weighted by Crippen LogP contribution is -2.34. The number of rotatable bonds is 18. The second-order valence-corrected chi connectivity index (χ2v) is 7.79. The van der Waals surface area contributed by atoms with Crippen molar-refractivity contribution < 1.29 is 9.90 Å². The Labute approximate surface area is 160 Å². The predicted molar refractivity (Wildman–Crippen MR) is 109 cm³/mol. The van der Waals surface area contributed by atoms with Crippen LogP contribution in [0, 0.1) is 0 Å². The average molecular weight is 364 g/mol. The molecular weight excluding hydrogens is 324 g/mol. The van der Waals surface area contributed by atoms with E-state index < -0.39 is 11.6 Å². The molecule has 0 atom stereocenters. The van der Waals surface area contributed by atoms with Gasteiger partial charge in [-0.15, -0.1) is 0 Å². The summed E-state index contributed by atoms with van der Waals surface area (Å²) in [5, 5.41) is 10.9. The Kier molecular flexibility index (Phi) is 13.1. The van der Waals surface area contributed by atoms with Gasteiger partial charge in [-0.05, 0) is 12.8 Å². The first-order valence-corrected chi connectivity index (χ1v) is 11.0. The van der Waals surface area contributed by atoms with Crippen LogP contribution in [-0.4, -0.2) is 24.1 Å². The lowest BCUT2D eigenvalue weighted by Gasteiger charge is -2.23. The molecule has 0 bridgehead atoms. The van der Waals surface area contributed by atoms with Crippen LogP contribution >= 0.6 is 0 Å². The average Bonchev–Trinajstić information content (AvgIpc) is 3.06. The number of nitrogens with zero attached hydrogens (tertiary/aromatic N) is 2. The summed E-state index contributed by atoms with van der Waals surface area (Å²) in [4.78, 5) is 19.3. The van der Waals surface area contributed by atoms with E-state index in [0.29, 0.717) is 6.42 Å². The fraction of sp³-hybridized carbons (Fsp3) is 0.864. The molecule has 0 unspecified atom stereocenters. The summed E-state index contributed by atoms with van der Waals surface area (Å²) in [5.74, 6) is -1.07. The van der Waals surface area contributed by atoms with Gasteiger partial charge in [-0.1, -0.05) is 96.8 Å². The highest BCUT2D eigenvalue weighted by Gasteiger charge is 2.28. The van der Waals surface area contributed by atoms with Crippen LogP contribution in [0.15, 0.2) is 9.98 Å². The van der Waals surface area contributed by atoms with Crippen molar-refractivity contribution in [1.82, 2.24) is 0 Å². The van der Waals surface area contributed by atoms with Crippen LogP contribution in [0.3, 0.4) is 0 Å². The van der Waals surface area contributed by atoms with Crippen LogP contribution in [0.1, 0.15) is 116 Å². The molecule has 0 amide bonds. The minimum Gasteiger partial charge on any atom is -0.550 e. The number of carbonyl (C=O) groups is 1. The third-order valence-electron chi connectivity index (χ3n) is 5.30. The first-order chi connectivity index (χ1) is 12.7. The number of aliphatic carboxylic acids is 1. The third kappa shape index (κ3) is 11.4. The van der Waals surface area contributed by atoms with E-state index in [2.05, 4.69) is 16.9 Å². The van der Waals surface area contributed by atoms with Gasteiger partial charge in [-0.25, -0.2) is 0 Å². The first kappa shape index (κ1) is 22.9. The zero-order valence-electron chi connectivity index (χ0n) is 16.9. The molecule has 26 heavy (non-hydrogen) atoms. The standard InChI is InChI=1S/C22H40N2O2/c1-2-3-4-5-6-7-8-9-10-11-12-13-14-15-16-17-22(20-21(25)26)23-18-19-24-22/h18-19H,2-17,20H2,1H3,(H,25,26)/p-1. The van der Waals surface area contributed by atoms with E-state index in [-0.39, 0.29) is 6.42 Å². The maximum Gasteiger partial charge on any atom is 0.155 e. The van der Waals surface area contributed by atoms with Gasteiger partial charge >= 0.3 is 0 Å². The van der Waals surface area contributed by atoms with Gasteiger partial charge in [0, 0.05) is 24.8 Å². The van der Waals surface area contributed by atoms with E-state index in [1.807, 2.05) is 0 Å². The summed E-state index contributed by atoms with van der Waals surface area (Å²) in [5.41, 5.74) is -0.768. The Hall–Kier alpha value is -1.19. The second kappa shape index (κ2) is 14.9. The van der Waals surface area contributed by atoms with Crippen molar-refractivity contribution in [2.75, 3.05) is 0 Å². The molecule has 4 nitrogen and oxygen atoms in total. The molecule has 0 fully saturated rings. The largest absolute Gasteiger partial charge is 0.550 e. The first-order valence-electron chi connectivity index (χ1n) is 11.0. The maximum atomic E-state index is 10.9. The number of aliphatic imine (C=N–C) groups is 2. The fourth-order valence-electron chi connectivity index (χ4n) is 3.70. The van der Waals surface area contributed by atoms with Gasteiger partial charge in [0.1, 0.15) is 0 Å². The molecule has 0 aliphatic carbocycles. The molecule has 0 N–H and O–H groups in total. The zero-order valence-corrected chi connectivity index (χ0v) is 16.9. The highest BCUT2D eigenvalue weighted by atomic mass is 16.4. The molecule has 0 saturated heterocycles. The Morgan fingerprint density at radius 2 is 1.12 bits per heavy atom. The monoisotopic (exact) mass is 363 g/mol. The van der Waals surface area contributed by atoms with Gasteiger partial charge in [0.25, 0.3) is 0 Å². The normalized spacial score (nSPS) is 15.0.